The first-order valence-electron chi connectivity index (χ1n) is 4.35. The Labute approximate surface area is 106 Å². The fraction of sp³-hybridized carbons (Fsp3) is 0.444. The summed E-state index contributed by atoms with van der Waals surface area (Å²) in [4.78, 5) is 13.4. The zero-order chi connectivity index (χ0) is 11.3. The number of rotatable bonds is 5. The summed E-state index contributed by atoms with van der Waals surface area (Å²) in [6.07, 6.45) is 0. The van der Waals surface area contributed by atoms with Crippen LogP contribution in [0.4, 0.5) is 0 Å². The Morgan fingerprint density at radius 2 is 1.93 bits per heavy atom. The van der Waals surface area contributed by atoms with Crippen LogP contribution in [-0.2, 0) is 0 Å². The van der Waals surface area contributed by atoms with E-state index < -0.39 is 0 Å². The molecule has 0 unspecified atom stereocenters. The summed E-state index contributed by atoms with van der Waals surface area (Å²) in [5.41, 5.74) is 0. The molecule has 0 radical (unpaired) electrons. The average Bonchev–Trinajstić information content (AvgIpc) is 2.63. The van der Waals surface area contributed by atoms with Gasteiger partial charge in [-0.05, 0) is 28.1 Å². The van der Waals surface area contributed by atoms with Crippen molar-refractivity contribution < 1.29 is 9.21 Å². The Morgan fingerprint density at radius 3 is 2.33 bits per heavy atom. The van der Waals surface area contributed by atoms with Crippen molar-refractivity contribution in [3.63, 3.8) is 0 Å². The van der Waals surface area contributed by atoms with Crippen LogP contribution < -0.4 is 0 Å². The Kier molecular flexibility index (Phi) is 5.50. The van der Waals surface area contributed by atoms with E-state index in [-0.39, 0.29) is 11.7 Å². The second kappa shape index (κ2) is 6.40. The first-order valence-corrected chi connectivity index (χ1v) is 6.21. The number of amides is 1. The van der Waals surface area contributed by atoms with Gasteiger partial charge >= 0.3 is 0 Å². The molecule has 1 heterocycles. The van der Waals surface area contributed by atoms with Crippen molar-refractivity contribution in [3.8, 4) is 0 Å². The highest BCUT2D eigenvalue weighted by Gasteiger charge is 2.17. The third kappa shape index (κ3) is 3.70. The zero-order valence-electron chi connectivity index (χ0n) is 7.88. The highest BCUT2D eigenvalue weighted by Crippen LogP contribution is 2.15. The minimum absolute atomic E-state index is 0.193. The summed E-state index contributed by atoms with van der Waals surface area (Å²) >= 11 is 14.3. The van der Waals surface area contributed by atoms with E-state index in [1.807, 2.05) is 0 Å². The van der Waals surface area contributed by atoms with Crippen molar-refractivity contribution in [1.29, 1.82) is 0 Å². The van der Waals surface area contributed by atoms with E-state index in [1.54, 1.807) is 17.0 Å². The number of hydrogen-bond donors (Lipinski definition) is 0. The number of hydrogen-bond acceptors (Lipinski definition) is 2. The molecule has 0 spiro atoms. The van der Waals surface area contributed by atoms with E-state index in [1.165, 1.54) is 0 Å². The van der Waals surface area contributed by atoms with Crippen molar-refractivity contribution in [1.82, 2.24) is 4.90 Å². The first kappa shape index (κ1) is 12.9. The molecule has 0 N–H and O–H groups in total. The van der Waals surface area contributed by atoms with Crippen LogP contribution in [-0.4, -0.2) is 35.7 Å². The van der Waals surface area contributed by atoms with Crippen molar-refractivity contribution in [2.24, 2.45) is 0 Å². The van der Waals surface area contributed by atoms with Crippen LogP contribution in [0.1, 0.15) is 10.6 Å². The van der Waals surface area contributed by atoms with Gasteiger partial charge in [-0.15, -0.1) is 23.2 Å². The number of furan rings is 1. The van der Waals surface area contributed by atoms with E-state index in [2.05, 4.69) is 15.9 Å². The second-order valence-electron chi connectivity index (χ2n) is 2.77. The molecule has 1 rings (SSSR count). The summed E-state index contributed by atoms with van der Waals surface area (Å²) < 4.78 is 5.69. The van der Waals surface area contributed by atoms with Gasteiger partial charge in [-0.1, -0.05) is 0 Å². The maximum Gasteiger partial charge on any atom is 0.289 e. The molecule has 0 atom stereocenters. The smallest absolute Gasteiger partial charge is 0.289 e. The lowest BCUT2D eigenvalue weighted by molar-refractivity contribution is 0.0742. The molecule has 0 aliphatic carbocycles. The molecule has 0 aliphatic heterocycles. The maximum atomic E-state index is 11.8. The largest absolute Gasteiger partial charge is 0.444 e. The van der Waals surface area contributed by atoms with Crippen molar-refractivity contribution in [3.05, 3.63) is 22.6 Å². The lowest BCUT2D eigenvalue weighted by Crippen LogP contribution is -2.34. The fourth-order valence-electron chi connectivity index (χ4n) is 1.10. The van der Waals surface area contributed by atoms with Crippen molar-refractivity contribution in [2.75, 3.05) is 24.8 Å². The van der Waals surface area contributed by atoms with E-state index >= 15 is 0 Å². The number of nitrogens with zero attached hydrogens (tertiary/aromatic N) is 1. The molecule has 0 saturated heterocycles. The molecule has 1 amide bonds. The van der Waals surface area contributed by atoms with Gasteiger partial charge < -0.3 is 9.32 Å². The van der Waals surface area contributed by atoms with E-state index in [4.69, 9.17) is 27.6 Å². The van der Waals surface area contributed by atoms with Gasteiger partial charge in [0.1, 0.15) is 0 Å². The third-order valence-corrected chi connectivity index (χ3v) is 2.54. The lowest BCUT2D eigenvalue weighted by atomic mass is 10.3. The summed E-state index contributed by atoms with van der Waals surface area (Å²) in [5.74, 6) is 0.855. The topological polar surface area (TPSA) is 33.5 Å². The van der Waals surface area contributed by atoms with E-state index in [0.29, 0.717) is 29.5 Å². The van der Waals surface area contributed by atoms with Crippen LogP contribution in [0.15, 0.2) is 21.2 Å². The molecular formula is C9H10BrCl2NO2. The SMILES string of the molecule is O=C(c1ccc(Br)o1)N(CCCl)CCCl. The number of alkyl halides is 2. The second-order valence-corrected chi connectivity index (χ2v) is 4.31. The molecular weight excluding hydrogens is 305 g/mol. The predicted octanol–water partition coefficient (Wildman–Crippen LogP) is 2.96. The van der Waals surface area contributed by atoms with Crippen molar-refractivity contribution >= 4 is 45.0 Å². The van der Waals surface area contributed by atoms with Gasteiger partial charge in [-0.3, -0.25) is 4.79 Å². The van der Waals surface area contributed by atoms with Gasteiger partial charge in [-0.25, -0.2) is 0 Å². The van der Waals surface area contributed by atoms with Crippen LogP contribution in [0.25, 0.3) is 0 Å². The Bertz CT molecular complexity index is 324. The Balaban J connectivity index is 2.71. The highest BCUT2D eigenvalue weighted by molar-refractivity contribution is 9.10. The predicted molar refractivity (Wildman–Crippen MR) is 63.8 cm³/mol. The Morgan fingerprint density at radius 1 is 1.33 bits per heavy atom. The summed E-state index contributed by atoms with van der Waals surface area (Å²) in [5, 5.41) is 0. The Hall–Kier alpha value is -0.190. The summed E-state index contributed by atoms with van der Waals surface area (Å²) in [6.45, 7) is 0.927. The molecule has 0 saturated carbocycles. The molecule has 15 heavy (non-hydrogen) atoms. The van der Waals surface area contributed by atoms with Crippen LogP contribution in [0.2, 0.25) is 0 Å². The van der Waals surface area contributed by atoms with Gasteiger partial charge in [-0.2, -0.15) is 0 Å². The zero-order valence-corrected chi connectivity index (χ0v) is 11.0. The molecule has 84 valence electrons. The van der Waals surface area contributed by atoms with Gasteiger partial charge in [0.05, 0.1) is 0 Å². The molecule has 1 aromatic heterocycles. The monoisotopic (exact) mass is 313 g/mol. The minimum Gasteiger partial charge on any atom is -0.444 e. The standard InChI is InChI=1S/C9H10BrCl2NO2/c10-8-2-1-7(15-8)9(14)13(5-3-11)6-4-12/h1-2H,3-6H2. The molecule has 1 aromatic rings. The normalized spacial score (nSPS) is 10.3. The average molecular weight is 315 g/mol. The van der Waals surface area contributed by atoms with Gasteiger partial charge in [0, 0.05) is 24.8 Å². The molecule has 0 fully saturated rings. The first-order chi connectivity index (χ1) is 7.19. The van der Waals surface area contributed by atoms with Crippen LogP contribution >= 0.6 is 39.1 Å². The van der Waals surface area contributed by atoms with Gasteiger partial charge in [0.2, 0.25) is 0 Å². The number of halogens is 3. The third-order valence-electron chi connectivity index (χ3n) is 1.78. The van der Waals surface area contributed by atoms with Crippen LogP contribution in [0.3, 0.4) is 0 Å². The molecule has 0 aliphatic rings. The fourth-order valence-corrected chi connectivity index (χ4v) is 1.82. The molecule has 3 nitrogen and oxygen atoms in total. The number of carbonyl (C=O) groups is 1. The summed E-state index contributed by atoms with van der Waals surface area (Å²) in [7, 11) is 0. The van der Waals surface area contributed by atoms with Crippen LogP contribution in [0, 0.1) is 0 Å². The number of carbonyl (C=O) groups excluding carboxylic acids is 1. The van der Waals surface area contributed by atoms with Crippen molar-refractivity contribution in [2.45, 2.75) is 0 Å². The maximum absolute atomic E-state index is 11.8. The van der Waals surface area contributed by atoms with Gasteiger partial charge in [0.15, 0.2) is 10.4 Å². The molecule has 6 heteroatoms. The summed E-state index contributed by atoms with van der Waals surface area (Å²) in [6, 6.07) is 3.29. The quantitative estimate of drug-likeness (QED) is 0.783. The van der Waals surface area contributed by atoms with Gasteiger partial charge in [0.25, 0.3) is 5.91 Å². The van der Waals surface area contributed by atoms with Crippen LogP contribution in [0.5, 0.6) is 0 Å². The highest BCUT2D eigenvalue weighted by atomic mass is 79.9. The minimum atomic E-state index is -0.193. The lowest BCUT2D eigenvalue weighted by Gasteiger charge is -2.18. The van der Waals surface area contributed by atoms with E-state index in [9.17, 15) is 4.79 Å². The molecule has 0 aromatic carbocycles. The van der Waals surface area contributed by atoms with E-state index in [0.717, 1.165) is 0 Å². The molecule has 0 bridgehead atoms.